The van der Waals surface area contributed by atoms with Crippen LogP contribution in [0.3, 0.4) is 0 Å². The Kier molecular flexibility index (Phi) is 9.52. The molecule has 0 spiro atoms. The summed E-state index contributed by atoms with van der Waals surface area (Å²) < 4.78 is 19.1. The van der Waals surface area contributed by atoms with Crippen LogP contribution in [-0.2, 0) is 6.42 Å². The van der Waals surface area contributed by atoms with E-state index in [0.29, 0.717) is 21.6 Å². The lowest BCUT2D eigenvalue weighted by atomic mass is 9.87. The van der Waals surface area contributed by atoms with Gasteiger partial charge in [0.25, 0.3) is 0 Å². The van der Waals surface area contributed by atoms with Gasteiger partial charge in [-0.05, 0) is 81.8 Å². The molecule has 8 nitrogen and oxygen atoms in total. The molecule has 41 heavy (non-hydrogen) atoms. The molecule has 220 valence electrons. The Labute approximate surface area is 245 Å². The molecular weight excluding hydrogens is 541 g/mol. The fraction of sp³-hybridized carbons (Fsp3) is 0.516. The number of urea groups is 1. The monoisotopic (exact) mass is 581 g/mol. The van der Waals surface area contributed by atoms with E-state index in [-0.39, 0.29) is 35.6 Å². The second-order valence-corrected chi connectivity index (χ2v) is 12.5. The molecule has 4 heterocycles. The van der Waals surface area contributed by atoms with E-state index in [1.165, 1.54) is 30.2 Å². The average molecular weight is 582 g/mol. The minimum Gasteiger partial charge on any atom is -0.468 e. The number of piperidine rings is 2. The number of ketones is 1. The standard InChI is InChI=1S/C31H40FN5O3S/c1-20-29(22(3)38)41-31(33-20)35-30(39)34-27-12-14-37(21(2)28-7-5-15-40-28)19-25(27)18-36-13-4-6-24(17-36)16-23-8-10-26(32)11-9-23/h5,7-11,15,21,24-25,27H,4,6,12-14,16-19H2,1-3H3,(H2,33,34,35,39)/t21?,24-,25+,27+/m0/s1. The number of anilines is 1. The first-order valence-electron chi connectivity index (χ1n) is 14.5. The maximum Gasteiger partial charge on any atom is 0.321 e. The first-order valence-corrected chi connectivity index (χ1v) is 15.4. The van der Waals surface area contributed by atoms with Crippen LogP contribution in [0.2, 0.25) is 0 Å². The van der Waals surface area contributed by atoms with Gasteiger partial charge in [0.05, 0.1) is 22.9 Å². The van der Waals surface area contributed by atoms with Crippen molar-refractivity contribution in [2.75, 3.05) is 38.0 Å². The van der Waals surface area contributed by atoms with E-state index in [1.807, 2.05) is 24.3 Å². The predicted molar refractivity (Wildman–Crippen MR) is 159 cm³/mol. The highest BCUT2D eigenvalue weighted by Crippen LogP contribution is 2.30. The second-order valence-electron chi connectivity index (χ2n) is 11.5. The summed E-state index contributed by atoms with van der Waals surface area (Å²) in [4.78, 5) is 34.8. The minimum atomic E-state index is -0.288. The lowest BCUT2D eigenvalue weighted by Crippen LogP contribution is -2.56. The van der Waals surface area contributed by atoms with Crippen LogP contribution in [0.15, 0.2) is 47.1 Å². The Bertz CT molecular complexity index is 1310. The van der Waals surface area contributed by atoms with E-state index in [0.717, 1.165) is 57.7 Å². The van der Waals surface area contributed by atoms with E-state index in [9.17, 15) is 14.0 Å². The fourth-order valence-corrected chi connectivity index (χ4v) is 7.20. The summed E-state index contributed by atoms with van der Waals surface area (Å²) in [7, 11) is 0. The molecule has 0 saturated carbocycles. The normalized spacial score (nSPS) is 22.8. The Hall–Kier alpha value is -3.08. The number of furan rings is 1. The highest BCUT2D eigenvalue weighted by atomic mass is 32.1. The van der Waals surface area contributed by atoms with Gasteiger partial charge in [-0.25, -0.2) is 14.2 Å². The van der Waals surface area contributed by atoms with Crippen LogP contribution in [0, 0.1) is 24.6 Å². The molecule has 2 amide bonds. The van der Waals surface area contributed by atoms with Crippen LogP contribution in [0.25, 0.3) is 0 Å². The summed E-state index contributed by atoms with van der Waals surface area (Å²) >= 11 is 1.21. The number of Topliss-reactive ketones (excluding diaryl/α,β-unsaturated/α-hetero) is 1. The summed E-state index contributed by atoms with van der Waals surface area (Å²) in [5, 5.41) is 6.53. The predicted octanol–water partition coefficient (Wildman–Crippen LogP) is 5.91. The largest absolute Gasteiger partial charge is 0.468 e. The number of rotatable bonds is 9. The fourth-order valence-electron chi connectivity index (χ4n) is 6.34. The number of halogens is 1. The van der Waals surface area contributed by atoms with Gasteiger partial charge in [-0.15, -0.1) is 0 Å². The average Bonchev–Trinajstić information content (AvgIpc) is 3.61. The highest BCUT2D eigenvalue weighted by molar-refractivity contribution is 7.17. The van der Waals surface area contributed by atoms with Gasteiger partial charge in [-0.1, -0.05) is 23.5 Å². The third kappa shape index (κ3) is 7.61. The number of thiazole rings is 1. The SMILES string of the molecule is CC(=O)c1sc(NC(=O)N[C@@H]2CCN(C(C)c3ccco3)C[C@H]2CN2CCC[C@@H](Cc3ccc(F)cc3)C2)nc1C. The molecule has 10 heteroatoms. The number of hydrogen-bond acceptors (Lipinski definition) is 7. The van der Waals surface area contributed by atoms with Crippen LogP contribution >= 0.6 is 11.3 Å². The van der Waals surface area contributed by atoms with Crippen LogP contribution < -0.4 is 10.6 Å². The minimum absolute atomic E-state index is 0.000799. The number of likely N-dealkylation sites (tertiary alicyclic amines) is 2. The van der Waals surface area contributed by atoms with Crippen molar-refractivity contribution in [3.05, 3.63) is 70.4 Å². The van der Waals surface area contributed by atoms with Gasteiger partial charge in [0.1, 0.15) is 11.6 Å². The molecule has 1 unspecified atom stereocenters. The van der Waals surface area contributed by atoms with Gasteiger partial charge in [0, 0.05) is 45.1 Å². The van der Waals surface area contributed by atoms with Crippen LogP contribution in [0.4, 0.5) is 14.3 Å². The molecule has 2 aliphatic rings. The number of nitrogens with one attached hydrogen (secondary N) is 2. The molecule has 4 atom stereocenters. The van der Waals surface area contributed by atoms with Crippen molar-refractivity contribution in [3.8, 4) is 0 Å². The summed E-state index contributed by atoms with van der Waals surface area (Å²) in [6.45, 7) is 10.1. The summed E-state index contributed by atoms with van der Waals surface area (Å²) in [5.41, 5.74) is 1.81. The maximum absolute atomic E-state index is 13.4. The molecule has 0 aliphatic carbocycles. The Morgan fingerprint density at radius 3 is 2.68 bits per heavy atom. The molecule has 1 aromatic carbocycles. The van der Waals surface area contributed by atoms with Gasteiger partial charge in [-0.3, -0.25) is 15.0 Å². The van der Waals surface area contributed by atoms with Crippen molar-refractivity contribution in [3.63, 3.8) is 0 Å². The number of hydrogen-bond donors (Lipinski definition) is 2. The first kappa shape index (κ1) is 29.4. The van der Waals surface area contributed by atoms with Gasteiger partial charge < -0.3 is 14.6 Å². The second kappa shape index (κ2) is 13.3. The quantitative estimate of drug-likeness (QED) is 0.305. The number of nitrogens with zero attached hydrogens (tertiary/aromatic N) is 3. The van der Waals surface area contributed by atoms with Crippen molar-refractivity contribution in [2.24, 2.45) is 11.8 Å². The highest BCUT2D eigenvalue weighted by Gasteiger charge is 2.35. The van der Waals surface area contributed by atoms with Crippen molar-refractivity contribution in [2.45, 2.75) is 58.5 Å². The first-order chi connectivity index (χ1) is 19.7. The molecule has 2 saturated heterocycles. The summed E-state index contributed by atoms with van der Waals surface area (Å²) in [6.07, 6.45) is 5.79. The number of aromatic nitrogens is 1. The molecule has 5 rings (SSSR count). The zero-order valence-corrected chi connectivity index (χ0v) is 24.9. The molecule has 2 aromatic heterocycles. The lowest BCUT2D eigenvalue weighted by molar-refractivity contribution is 0.0618. The number of amides is 2. The van der Waals surface area contributed by atoms with E-state index < -0.39 is 0 Å². The zero-order chi connectivity index (χ0) is 28.9. The molecule has 2 aliphatic heterocycles. The van der Waals surface area contributed by atoms with E-state index in [1.54, 1.807) is 25.3 Å². The van der Waals surface area contributed by atoms with Crippen LogP contribution in [0.1, 0.15) is 65.8 Å². The van der Waals surface area contributed by atoms with Crippen molar-refractivity contribution in [1.29, 1.82) is 0 Å². The van der Waals surface area contributed by atoms with E-state index in [4.69, 9.17) is 4.42 Å². The van der Waals surface area contributed by atoms with Gasteiger partial charge in [0.2, 0.25) is 0 Å². The topological polar surface area (TPSA) is 90.7 Å². The molecule has 3 aromatic rings. The Morgan fingerprint density at radius 2 is 1.98 bits per heavy atom. The molecular formula is C31H40FN5O3S. The Balaban J connectivity index is 1.25. The maximum atomic E-state index is 13.4. The summed E-state index contributed by atoms with van der Waals surface area (Å²) in [5.74, 6) is 1.45. The number of benzene rings is 1. The van der Waals surface area contributed by atoms with Gasteiger partial charge >= 0.3 is 6.03 Å². The van der Waals surface area contributed by atoms with Crippen molar-refractivity contribution < 1.29 is 18.4 Å². The van der Waals surface area contributed by atoms with E-state index >= 15 is 0 Å². The smallest absolute Gasteiger partial charge is 0.321 e. The summed E-state index contributed by atoms with van der Waals surface area (Å²) in [6, 6.07) is 10.7. The third-order valence-corrected chi connectivity index (χ3v) is 9.63. The zero-order valence-electron chi connectivity index (χ0n) is 24.1. The Morgan fingerprint density at radius 1 is 1.17 bits per heavy atom. The van der Waals surface area contributed by atoms with E-state index in [2.05, 4.69) is 32.3 Å². The van der Waals surface area contributed by atoms with Gasteiger partial charge in [-0.2, -0.15) is 0 Å². The molecule has 2 fully saturated rings. The van der Waals surface area contributed by atoms with Crippen molar-refractivity contribution in [1.82, 2.24) is 20.1 Å². The van der Waals surface area contributed by atoms with Crippen LogP contribution in [-0.4, -0.2) is 65.4 Å². The number of carbonyl (C=O) groups is 2. The molecule has 2 N–H and O–H groups in total. The van der Waals surface area contributed by atoms with Crippen LogP contribution in [0.5, 0.6) is 0 Å². The number of aryl methyl sites for hydroxylation is 1. The number of carbonyl (C=O) groups excluding carboxylic acids is 2. The molecule has 0 bridgehead atoms. The third-order valence-electron chi connectivity index (χ3n) is 8.45. The lowest BCUT2D eigenvalue weighted by Gasteiger charge is -2.44. The molecule has 0 radical (unpaired) electrons. The van der Waals surface area contributed by atoms with Gasteiger partial charge in [0.15, 0.2) is 10.9 Å². The van der Waals surface area contributed by atoms with Crippen molar-refractivity contribution >= 4 is 28.3 Å².